The van der Waals surface area contributed by atoms with Crippen LogP contribution in [0.4, 0.5) is 0 Å². The molecule has 5 heteroatoms. The largest absolute Gasteiger partial charge is 1.00 e. The molecule has 0 aliphatic heterocycles. The molecule has 58 valence electrons. The van der Waals surface area contributed by atoms with Gasteiger partial charge in [0.2, 0.25) is 0 Å². The number of carboxylic acid groups (broad SMARTS) is 1. The molecule has 0 aliphatic rings. The maximum absolute atomic E-state index is 9.14. The van der Waals surface area contributed by atoms with Gasteiger partial charge in [-0.25, -0.2) is 0 Å². The van der Waals surface area contributed by atoms with Crippen LogP contribution in [0.5, 0.6) is 0 Å². The Morgan fingerprint density at radius 1 is 1.64 bits per heavy atom. The molecule has 11 heavy (non-hydrogen) atoms. The molecule has 0 aromatic heterocycles. The average molecular weight is 205 g/mol. The van der Waals surface area contributed by atoms with E-state index in [1.54, 1.807) is 6.08 Å². The van der Waals surface area contributed by atoms with Gasteiger partial charge in [0.15, 0.2) is 0 Å². The predicted molar refractivity (Wildman–Crippen MR) is 40.9 cm³/mol. The van der Waals surface area contributed by atoms with Crippen molar-refractivity contribution in [2.45, 2.75) is 0 Å². The van der Waals surface area contributed by atoms with Gasteiger partial charge in [0.25, 0.3) is 0 Å². The normalized spacial score (nSPS) is 7.45. The topological polar surface area (TPSA) is 40.1 Å². The first-order valence-corrected chi connectivity index (χ1v) is 3.30. The molecular formula is C6H7Cl2NaO2. The second-order valence-corrected chi connectivity index (χ2v) is 1.60. The van der Waals surface area contributed by atoms with Crippen molar-refractivity contribution in [2.24, 2.45) is 0 Å². The van der Waals surface area contributed by atoms with Gasteiger partial charge in [-0.15, -0.1) is 11.6 Å². The third kappa shape index (κ3) is 37.3. The van der Waals surface area contributed by atoms with Gasteiger partial charge >= 0.3 is 29.6 Å². The summed E-state index contributed by atoms with van der Waals surface area (Å²) < 4.78 is 0. The smallest absolute Gasteiger partial charge is 0.545 e. The summed E-state index contributed by atoms with van der Waals surface area (Å²) in [6.07, 6.45) is 2.38. The summed E-state index contributed by atoms with van der Waals surface area (Å²) in [5.41, 5.74) is 1.40. The second kappa shape index (κ2) is 16.9. The van der Waals surface area contributed by atoms with Crippen molar-refractivity contribution in [3.8, 4) is 0 Å². The van der Waals surface area contributed by atoms with Gasteiger partial charge in [-0.05, 0) is 6.08 Å². The number of alkyl halides is 1. The Balaban J connectivity index is -0.000000107. The number of rotatable bonds is 2. The van der Waals surface area contributed by atoms with E-state index in [2.05, 4.69) is 6.58 Å². The standard InChI is InChI=1S/C3H4Cl2.C3H4O2.Na/c4-2-1-3-5;1-2-3(4)5;/h1-2H,3H2;2H,1H2,(H,4,5);/q;;+1/p-1. The Kier molecular flexibility index (Phi) is 26.9. The molecule has 0 aliphatic carbocycles. The third-order valence-electron chi connectivity index (χ3n) is 0.345. The van der Waals surface area contributed by atoms with Crippen LogP contribution in [0.1, 0.15) is 0 Å². The van der Waals surface area contributed by atoms with Crippen LogP contribution >= 0.6 is 23.2 Å². The Morgan fingerprint density at radius 3 is 2.00 bits per heavy atom. The summed E-state index contributed by atoms with van der Waals surface area (Å²) in [6, 6.07) is 0. The van der Waals surface area contributed by atoms with Crippen LogP contribution in [-0.4, -0.2) is 11.8 Å². The first kappa shape index (κ1) is 17.6. The van der Waals surface area contributed by atoms with Gasteiger partial charge in [-0.3, -0.25) is 0 Å². The number of carboxylic acids is 1. The maximum atomic E-state index is 9.14. The molecule has 0 rings (SSSR count). The van der Waals surface area contributed by atoms with E-state index in [0.717, 1.165) is 6.08 Å². The fraction of sp³-hybridized carbons (Fsp3) is 0.167. The molecular weight excluding hydrogens is 198 g/mol. The van der Waals surface area contributed by atoms with E-state index in [1.807, 2.05) is 0 Å². The molecule has 2 nitrogen and oxygen atoms in total. The first-order valence-electron chi connectivity index (χ1n) is 2.33. The predicted octanol–water partition coefficient (Wildman–Crippen LogP) is -2.10. The van der Waals surface area contributed by atoms with Crippen molar-refractivity contribution < 1.29 is 39.5 Å². The third-order valence-corrected chi connectivity index (χ3v) is 0.701. The quantitative estimate of drug-likeness (QED) is 0.294. The van der Waals surface area contributed by atoms with E-state index < -0.39 is 5.97 Å². The van der Waals surface area contributed by atoms with Crippen LogP contribution in [0.3, 0.4) is 0 Å². The fourth-order valence-corrected chi connectivity index (χ4v) is 0.303. The minimum Gasteiger partial charge on any atom is -0.545 e. The van der Waals surface area contributed by atoms with Crippen LogP contribution in [0.2, 0.25) is 0 Å². The van der Waals surface area contributed by atoms with E-state index in [-0.39, 0.29) is 29.6 Å². The number of aliphatic carboxylic acids is 1. The molecule has 0 atom stereocenters. The van der Waals surface area contributed by atoms with Crippen molar-refractivity contribution in [3.05, 3.63) is 24.3 Å². The Morgan fingerprint density at radius 2 is 2.00 bits per heavy atom. The minimum absolute atomic E-state index is 0. The Labute approximate surface area is 98.2 Å². The first-order chi connectivity index (χ1) is 4.68. The number of allylic oxidation sites excluding steroid dienone is 1. The van der Waals surface area contributed by atoms with Crippen molar-refractivity contribution in [2.75, 3.05) is 5.88 Å². The molecule has 0 aromatic rings. The van der Waals surface area contributed by atoms with Gasteiger partial charge < -0.3 is 9.90 Å². The minimum atomic E-state index is -1.23. The summed E-state index contributed by atoms with van der Waals surface area (Å²) in [6.45, 7) is 2.90. The van der Waals surface area contributed by atoms with Crippen LogP contribution in [0.25, 0.3) is 0 Å². The van der Waals surface area contributed by atoms with Crippen LogP contribution in [0.15, 0.2) is 24.3 Å². The van der Waals surface area contributed by atoms with Gasteiger partial charge in [0.05, 0.1) is 5.97 Å². The average Bonchev–Trinajstić information content (AvgIpc) is 1.91. The Bertz CT molecular complexity index is 126. The molecule has 0 bridgehead atoms. The monoisotopic (exact) mass is 204 g/mol. The van der Waals surface area contributed by atoms with Crippen molar-refractivity contribution in [3.63, 3.8) is 0 Å². The summed E-state index contributed by atoms with van der Waals surface area (Å²) >= 11 is 10.2. The molecule has 0 amide bonds. The summed E-state index contributed by atoms with van der Waals surface area (Å²) in [5.74, 6) is -0.728. The molecule has 0 spiro atoms. The number of hydrogen-bond acceptors (Lipinski definition) is 2. The van der Waals surface area contributed by atoms with E-state index in [1.165, 1.54) is 5.54 Å². The van der Waals surface area contributed by atoms with Gasteiger partial charge in [0, 0.05) is 11.4 Å². The fourth-order valence-electron chi connectivity index (χ4n) is 0.0337. The van der Waals surface area contributed by atoms with E-state index in [9.17, 15) is 0 Å². The van der Waals surface area contributed by atoms with E-state index in [4.69, 9.17) is 33.1 Å². The molecule has 0 heterocycles. The molecule has 0 N–H and O–H groups in total. The number of carbonyl (C=O) groups excluding carboxylic acids is 1. The molecule has 0 aromatic carbocycles. The SMILES string of the molecule is C=CC(=O)[O-].ClC=CCCl.[Na+]. The van der Waals surface area contributed by atoms with E-state index in [0.29, 0.717) is 5.88 Å². The zero-order chi connectivity index (χ0) is 8.41. The molecule has 0 saturated heterocycles. The van der Waals surface area contributed by atoms with Gasteiger partial charge in [-0.2, -0.15) is 0 Å². The molecule has 0 unspecified atom stereocenters. The molecule has 0 fully saturated rings. The van der Waals surface area contributed by atoms with Gasteiger partial charge in [0.1, 0.15) is 0 Å². The van der Waals surface area contributed by atoms with Crippen molar-refractivity contribution in [1.82, 2.24) is 0 Å². The summed E-state index contributed by atoms with van der Waals surface area (Å²) in [7, 11) is 0. The number of halogens is 2. The Hall–Kier alpha value is 0.530. The van der Waals surface area contributed by atoms with Crippen LogP contribution in [-0.2, 0) is 4.79 Å². The maximum Gasteiger partial charge on any atom is 1.00 e. The zero-order valence-corrected chi connectivity index (χ0v) is 9.73. The summed E-state index contributed by atoms with van der Waals surface area (Å²) in [4.78, 5) is 9.14. The van der Waals surface area contributed by atoms with Gasteiger partial charge in [-0.1, -0.05) is 24.3 Å². The van der Waals surface area contributed by atoms with Crippen molar-refractivity contribution >= 4 is 29.2 Å². The van der Waals surface area contributed by atoms with Crippen LogP contribution < -0.4 is 34.7 Å². The van der Waals surface area contributed by atoms with Crippen molar-refractivity contribution in [1.29, 1.82) is 0 Å². The number of carbonyl (C=O) groups is 1. The summed E-state index contributed by atoms with van der Waals surface area (Å²) in [5, 5.41) is 9.14. The van der Waals surface area contributed by atoms with Crippen LogP contribution in [0, 0.1) is 0 Å². The molecule has 0 saturated carbocycles. The second-order valence-electron chi connectivity index (χ2n) is 1.04. The molecule has 0 radical (unpaired) electrons. The zero-order valence-electron chi connectivity index (χ0n) is 6.22. The van der Waals surface area contributed by atoms with E-state index >= 15 is 0 Å². The number of hydrogen-bond donors (Lipinski definition) is 0.